The first-order valence-corrected chi connectivity index (χ1v) is 10.6. The van der Waals surface area contributed by atoms with Crippen molar-refractivity contribution in [3.63, 3.8) is 0 Å². The zero-order valence-corrected chi connectivity index (χ0v) is 16.6. The molecule has 150 valence electrons. The minimum Gasteiger partial charge on any atom is -0.490 e. The number of carbonyl (C=O) groups excluding carboxylic acids is 2. The molecule has 4 atom stereocenters. The molecule has 5 nitrogen and oxygen atoms in total. The van der Waals surface area contributed by atoms with E-state index in [-0.39, 0.29) is 23.2 Å². The van der Waals surface area contributed by atoms with Crippen LogP contribution in [-0.2, 0) is 9.53 Å². The van der Waals surface area contributed by atoms with Gasteiger partial charge in [0.05, 0.1) is 18.6 Å². The number of ether oxygens (including phenoxy) is 3. The maximum absolute atomic E-state index is 13.0. The number of fused-ring (bicyclic) bond motifs is 1. The Hall–Kier alpha value is -1.75. The van der Waals surface area contributed by atoms with Crippen molar-refractivity contribution in [3.8, 4) is 11.5 Å². The largest absolute Gasteiger partial charge is 0.490 e. The molecular weight excluding hydrogens is 380 g/mol. The summed E-state index contributed by atoms with van der Waals surface area (Å²) in [6, 6.07) is 5.11. The van der Waals surface area contributed by atoms with E-state index in [2.05, 4.69) is 0 Å². The Labute approximate surface area is 169 Å². The van der Waals surface area contributed by atoms with E-state index < -0.39 is 5.41 Å². The number of hydrogen-bond acceptors (Lipinski definition) is 5. The lowest BCUT2D eigenvalue weighted by Gasteiger charge is -2.58. The lowest BCUT2D eigenvalue weighted by atomic mass is 9.49. The molecule has 1 heterocycles. The lowest BCUT2D eigenvalue weighted by molar-refractivity contribution is -0.168. The van der Waals surface area contributed by atoms with E-state index in [9.17, 15) is 9.59 Å². The molecule has 4 bridgehead atoms. The molecule has 2 unspecified atom stereocenters. The van der Waals surface area contributed by atoms with Crippen LogP contribution in [0.1, 0.15) is 55.3 Å². The highest BCUT2D eigenvalue weighted by Gasteiger charge is 2.60. The Bertz CT molecular complexity index is 805. The number of Topliss-reactive ketones (excluding diaryl/α,β-unsaturated/α-hetero) is 1. The summed E-state index contributed by atoms with van der Waals surface area (Å²) in [5.41, 5.74) is -0.0204. The number of benzene rings is 1. The lowest BCUT2D eigenvalue weighted by Crippen LogP contribution is -2.56. The van der Waals surface area contributed by atoms with E-state index >= 15 is 0 Å². The van der Waals surface area contributed by atoms with Gasteiger partial charge in [0, 0.05) is 16.9 Å². The van der Waals surface area contributed by atoms with Gasteiger partial charge in [-0.1, -0.05) is 0 Å². The van der Waals surface area contributed by atoms with Crippen LogP contribution in [0, 0.1) is 17.3 Å². The number of alkyl halides is 1. The maximum Gasteiger partial charge on any atom is 0.312 e. The first-order chi connectivity index (χ1) is 13.4. The minimum atomic E-state index is -0.489. The molecule has 0 spiro atoms. The number of esters is 1. The van der Waals surface area contributed by atoms with Crippen LogP contribution < -0.4 is 9.47 Å². The van der Waals surface area contributed by atoms with E-state index in [1.165, 1.54) is 6.42 Å². The summed E-state index contributed by atoms with van der Waals surface area (Å²) in [5, 5.41) is 0. The van der Waals surface area contributed by atoms with Gasteiger partial charge < -0.3 is 14.2 Å². The van der Waals surface area contributed by atoms with E-state index in [1.54, 1.807) is 18.2 Å². The molecule has 4 aliphatic carbocycles. The molecule has 0 saturated heterocycles. The highest BCUT2D eigenvalue weighted by Crippen LogP contribution is 2.64. The number of carbonyl (C=O) groups is 2. The van der Waals surface area contributed by atoms with E-state index in [0.29, 0.717) is 48.5 Å². The Balaban J connectivity index is 1.26. The van der Waals surface area contributed by atoms with Crippen molar-refractivity contribution in [2.75, 3.05) is 19.8 Å². The second kappa shape index (κ2) is 6.65. The van der Waals surface area contributed by atoms with Gasteiger partial charge >= 0.3 is 5.97 Å². The summed E-state index contributed by atoms with van der Waals surface area (Å²) in [5.74, 6) is 1.78. The zero-order chi connectivity index (χ0) is 19.4. The molecule has 4 saturated carbocycles. The SMILES string of the molecule is O=C(COC(=O)C12C[C@@H]3C[C@@H](CC(Cl)(C3)C1)C2)c1ccc2c(c1)OCCCO2. The van der Waals surface area contributed by atoms with Crippen molar-refractivity contribution >= 4 is 23.4 Å². The summed E-state index contributed by atoms with van der Waals surface area (Å²) in [4.78, 5) is 25.3. The Morgan fingerprint density at radius 1 is 1.07 bits per heavy atom. The van der Waals surface area contributed by atoms with Gasteiger partial charge in [0.2, 0.25) is 0 Å². The fraction of sp³-hybridized carbons (Fsp3) is 0.636. The molecule has 0 radical (unpaired) electrons. The van der Waals surface area contributed by atoms with Gasteiger partial charge in [0.1, 0.15) is 0 Å². The van der Waals surface area contributed by atoms with Crippen molar-refractivity contribution in [1.82, 2.24) is 0 Å². The van der Waals surface area contributed by atoms with Crippen LogP contribution in [0.3, 0.4) is 0 Å². The Morgan fingerprint density at radius 2 is 1.79 bits per heavy atom. The van der Waals surface area contributed by atoms with Crippen LogP contribution in [0.4, 0.5) is 0 Å². The summed E-state index contributed by atoms with van der Waals surface area (Å²) >= 11 is 6.80. The Kier molecular flexibility index (Phi) is 4.34. The van der Waals surface area contributed by atoms with Gasteiger partial charge in [-0.3, -0.25) is 9.59 Å². The number of ketones is 1. The molecule has 0 N–H and O–H groups in total. The predicted octanol–water partition coefficient (Wildman–Crippen LogP) is 4.15. The van der Waals surface area contributed by atoms with Gasteiger partial charge in [0.25, 0.3) is 0 Å². The molecule has 1 aromatic carbocycles. The molecule has 1 aliphatic heterocycles. The summed E-state index contributed by atoms with van der Waals surface area (Å²) < 4.78 is 16.8. The van der Waals surface area contributed by atoms with Crippen LogP contribution in [0.15, 0.2) is 18.2 Å². The summed E-state index contributed by atoms with van der Waals surface area (Å²) in [6.45, 7) is 0.916. The van der Waals surface area contributed by atoms with Crippen molar-refractivity contribution < 1.29 is 23.8 Å². The first kappa shape index (κ1) is 18.3. The van der Waals surface area contributed by atoms with Crippen LogP contribution in [0.5, 0.6) is 11.5 Å². The molecule has 6 heteroatoms. The van der Waals surface area contributed by atoms with Crippen LogP contribution in [0.25, 0.3) is 0 Å². The highest BCUT2D eigenvalue weighted by molar-refractivity contribution is 6.24. The standard InChI is InChI=1S/C22H25ClO5/c23-22-10-14-6-15(11-22)9-21(8-14,13-22)20(25)28-12-17(24)16-2-3-18-19(7-16)27-5-1-4-26-18/h2-3,7,14-15H,1,4-6,8-13H2/t14-,15+,21?,22?. The minimum absolute atomic E-state index is 0.227. The van der Waals surface area contributed by atoms with Crippen molar-refractivity contribution in [2.24, 2.45) is 17.3 Å². The smallest absolute Gasteiger partial charge is 0.312 e. The van der Waals surface area contributed by atoms with Crippen molar-refractivity contribution in [1.29, 1.82) is 0 Å². The molecule has 4 fully saturated rings. The van der Waals surface area contributed by atoms with E-state index in [1.807, 2.05) is 0 Å². The Morgan fingerprint density at radius 3 is 2.50 bits per heavy atom. The molecule has 0 amide bonds. The topological polar surface area (TPSA) is 61.8 Å². The third-order valence-electron chi connectivity index (χ3n) is 6.83. The van der Waals surface area contributed by atoms with Crippen molar-refractivity contribution in [2.45, 2.75) is 49.8 Å². The predicted molar refractivity (Wildman–Crippen MR) is 103 cm³/mol. The van der Waals surface area contributed by atoms with E-state index in [4.69, 9.17) is 25.8 Å². The molecule has 5 aliphatic rings. The van der Waals surface area contributed by atoms with Crippen LogP contribution in [-0.4, -0.2) is 36.4 Å². The molecule has 6 rings (SSSR count). The fourth-order valence-corrected chi connectivity index (χ4v) is 6.79. The first-order valence-electron chi connectivity index (χ1n) is 10.2. The molecule has 0 aromatic heterocycles. The summed E-state index contributed by atoms with van der Waals surface area (Å²) in [7, 11) is 0. The average molecular weight is 405 g/mol. The summed E-state index contributed by atoms with van der Waals surface area (Å²) in [6.07, 6.45) is 6.41. The van der Waals surface area contributed by atoms with Gasteiger partial charge in [0.15, 0.2) is 23.9 Å². The molecule has 1 aromatic rings. The number of hydrogen-bond donors (Lipinski definition) is 0. The fourth-order valence-electron chi connectivity index (χ4n) is 6.09. The number of halogens is 1. The number of rotatable bonds is 4. The molecular formula is C22H25ClO5. The second-order valence-corrected chi connectivity index (χ2v) is 9.91. The third-order valence-corrected chi connectivity index (χ3v) is 7.27. The van der Waals surface area contributed by atoms with Crippen LogP contribution >= 0.6 is 11.6 Å². The quantitative estimate of drug-likeness (QED) is 0.428. The van der Waals surface area contributed by atoms with Crippen LogP contribution in [0.2, 0.25) is 0 Å². The van der Waals surface area contributed by atoms with Gasteiger partial charge in [-0.25, -0.2) is 0 Å². The second-order valence-electron chi connectivity index (χ2n) is 9.10. The van der Waals surface area contributed by atoms with E-state index in [0.717, 1.165) is 32.1 Å². The van der Waals surface area contributed by atoms with Gasteiger partial charge in [-0.05, 0) is 68.6 Å². The van der Waals surface area contributed by atoms with Gasteiger partial charge in [-0.2, -0.15) is 0 Å². The zero-order valence-electron chi connectivity index (χ0n) is 15.9. The average Bonchev–Trinajstić information content (AvgIpc) is 2.88. The monoisotopic (exact) mass is 404 g/mol. The van der Waals surface area contributed by atoms with Crippen molar-refractivity contribution in [3.05, 3.63) is 23.8 Å². The normalized spacial score (nSPS) is 35.3. The third kappa shape index (κ3) is 3.18. The van der Waals surface area contributed by atoms with Gasteiger partial charge in [-0.15, -0.1) is 11.6 Å². The molecule has 28 heavy (non-hydrogen) atoms. The highest BCUT2D eigenvalue weighted by atomic mass is 35.5. The maximum atomic E-state index is 13.0.